The number of fused-ring (bicyclic) bond motifs is 1. The Morgan fingerprint density at radius 1 is 0.880 bits per heavy atom. The van der Waals surface area contributed by atoms with E-state index in [9.17, 15) is 0 Å². The van der Waals surface area contributed by atoms with E-state index in [1.807, 2.05) is 4.68 Å². The molecular formula is C22H21N3. The van der Waals surface area contributed by atoms with Gasteiger partial charge in [0.25, 0.3) is 0 Å². The largest absolute Gasteiger partial charge is 0.217 e. The molecule has 0 spiro atoms. The van der Waals surface area contributed by atoms with Crippen LogP contribution < -0.4 is 0 Å². The summed E-state index contributed by atoms with van der Waals surface area (Å²) in [7, 11) is 0. The van der Waals surface area contributed by atoms with Crippen LogP contribution in [0.1, 0.15) is 24.7 Å². The number of hydrogen-bond donors (Lipinski definition) is 0. The Hall–Kier alpha value is -2.94. The molecule has 0 aliphatic rings. The minimum atomic E-state index is 0.795. The van der Waals surface area contributed by atoms with E-state index in [0.717, 1.165) is 35.7 Å². The highest BCUT2D eigenvalue weighted by molar-refractivity contribution is 5.95. The molecule has 0 atom stereocenters. The van der Waals surface area contributed by atoms with Crippen LogP contribution in [0.25, 0.3) is 27.8 Å². The molecule has 0 unspecified atom stereocenters. The first-order valence-corrected chi connectivity index (χ1v) is 8.78. The van der Waals surface area contributed by atoms with Gasteiger partial charge in [0.2, 0.25) is 0 Å². The van der Waals surface area contributed by atoms with Gasteiger partial charge in [0.15, 0.2) is 5.82 Å². The average Bonchev–Trinajstić information content (AvgIpc) is 3.05. The van der Waals surface area contributed by atoms with Crippen molar-refractivity contribution in [3.8, 4) is 17.1 Å². The quantitative estimate of drug-likeness (QED) is 0.506. The van der Waals surface area contributed by atoms with Crippen LogP contribution in [0.2, 0.25) is 0 Å². The van der Waals surface area contributed by atoms with Crippen molar-refractivity contribution in [2.24, 2.45) is 0 Å². The minimum absolute atomic E-state index is 0.795. The third-order valence-corrected chi connectivity index (χ3v) is 4.52. The molecule has 0 fully saturated rings. The summed E-state index contributed by atoms with van der Waals surface area (Å²) in [6.45, 7) is 4.29. The van der Waals surface area contributed by atoms with E-state index in [-0.39, 0.29) is 0 Å². The summed E-state index contributed by atoms with van der Waals surface area (Å²) in [6.07, 6.45) is 1.95. The van der Waals surface area contributed by atoms with Crippen LogP contribution in [0, 0.1) is 6.92 Å². The zero-order chi connectivity index (χ0) is 17.2. The fourth-order valence-electron chi connectivity index (χ4n) is 3.26. The summed E-state index contributed by atoms with van der Waals surface area (Å²) in [5.41, 5.74) is 3.39. The van der Waals surface area contributed by atoms with Gasteiger partial charge in [-0.05, 0) is 35.7 Å². The number of aryl methyl sites for hydroxylation is 2. The van der Waals surface area contributed by atoms with Gasteiger partial charge >= 0.3 is 0 Å². The summed E-state index contributed by atoms with van der Waals surface area (Å²) < 4.78 is 2.01. The average molecular weight is 327 g/mol. The third kappa shape index (κ3) is 2.82. The molecule has 0 amide bonds. The number of aromatic nitrogens is 3. The van der Waals surface area contributed by atoms with E-state index in [0.29, 0.717) is 0 Å². The highest BCUT2D eigenvalue weighted by atomic mass is 15.4. The van der Waals surface area contributed by atoms with E-state index < -0.39 is 0 Å². The normalized spacial score (nSPS) is 11.1. The molecule has 0 aliphatic heterocycles. The molecule has 0 N–H and O–H groups in total. The number of rotatable bonds is 4. The lowest BCUT2D eigenvalue weighted by molar-refractivity contribution is 0.756. The minimum Gasteiger partial charge on any atom is -0.217 e. The van der Waals surface area contributed by atoms with Gasteiger partial charge in [-0.15, -0.1) is 5.10 Å². The van der Waals surface area contributed by atoms with E-state index in [4.69, 9.17) is 10.1 Å². The van der Waals surface area contributed by atoms with Gasteiger partial charge in [-0.1, -0.05) is 67.6 Å². The lowest BCUT2D eigenvalue weighted by Crippen LogP contribution is -2.04. The van der Waals surface area contributed by atoms with Crippen molar-refractivity contribution < 1.29 is 0 Å². The van der Waals surface area contributed by atoms with E-state index >= 15 is 0 Å². The van der Waals surface area contributed by atoms with Crippen molar-refractivity contribution >= 4 is 10.8 Å². The molecule has 4 rings (SSSR count). The molecular weight excluding hydrogens is 306 g/mol. The van der Waals surface area contributed by atoms with Gasteiger partial charge in [-0.25, -0.2) is 9.67 Å². The monoisotopic (exact) mass is 327 g/mol. The van der Waals surface area contributed by atoms with E-state index in [1.165, 1.54) is 16.3 Å². The highest BCUT2D eigenvalue weighted by Gasteiger charge is 2.15. The predicted molar refractivity (Wildman–Crippen MR) is 103 cm³/mol. The summed E-state index contributed by atoms with van der Waals surface area (Å²) in [5.74, 6) is 1.81. The third-order valence-electron chi connectivity index (χ3n) is 4.52. The fourth-order valence-corrected chi connectivity index (χ4v) is 3.26. The Balaban J connectivity index is 1.92. The molecule has 0 aliphatic carbocycles. The number of nitrogens with zero attached hydrogens (tertiary/aromatic N) is 3. The molecule has 25 heavy (non-hydrogen) atoms. The van der Waals surface area contributed by atoms with Crippen LogP contribution >= 0.6 is 0 Å². The molecule has 1 heterocycles. The van der Waals surface area contributed by atoms with Crippen LogP contribution in [0.3, 0.4) is 0 Å². The summed E-state index contributed by atoms with van der Waals surface area (Å²) in [4.78, 5) is 4.89. The Morgan fingerprint density at radius 2 is 1.64 bits per heavy atom. The van der Waals surface area contributed by atoms with Crippen LogP contribution in [0.15, 0.2) is 66.7 Å². The van der Waals surface area contributed by atoms with Gasteiger partial charge in [-0.2, -0.15) is 0 Å². The zero-order valence-electron chi connectivity index (χ0n) is 14.6. The molecule has 3 nitrogen and oxygen atoms in total. The smallest absolute Gasteiger partial charge is 0.182 e. The van der Waals surface area contributed by atoms with Crippen LogP contribution in [0.4, 0.5) is 0 Å². The fraction of sp³-hybridized carbons (Fsp3) is 0.182. The zero-order valence-corrected chi connectivity index (χ0v) is 14.6. The first kappa shape index (κ1) is 15.6. The molecule has 124 valence electrons. The van der Waals surface area contributed by atoms with Crippen molar-refractivity contribution in [3.63, 3.8) is 0 Å². The van der Waals surface area contributed by atoms with Crippen molar-refractivity contribution in [2.45, 2.75) is 26.7 Å². The molecule has 0 saturated carbocycles. The maximum absolute atomic E-state index is 4.89. The molecule has 0 bridgehead atoms. The highest BCUT2D eigenvalue weighted by Crippen LogP contribution is 2.27. The second-order valence-electron chi connectivity index (χ2n) is 6.33. The first-order valence-electron chi connectivity index (χ1n) is 8.78. The van der Waals surface area contributed by atoms with Crippen LogP contribution in [0.5, 0.6) is 0 Å². The van der Waals surface area contributed by atoms with E-state index in [2.05, 4.69) is 80.6 Å². The standard InChI is InChI=1S/C22H21N3/c1-3-9-21-23-22(24-25(21)20-15-7-4-10-16(20)2)19-14-8-12-17-11-5-6-13-18(17)19/h4-8,10-15H,3,9H2,1-2H3. The van der Waals surface area contributed by atoms with Gasteiger partial charge in [-0.3, -0.25) is 0 Å². The molecule has 0 saturated heterocycles. The maximum atomic E-state index is 4.89. The van der Waals surface area contributed by atoms with Crippen LogP contribution in [-0.2, 0) is 6.42 Å². The Labute approximate surface area is 148 Å². The Morgan fingerprint density at radius 3 is 2.48 bits per heavy atom. The second-order valence-corrected chi connectivity index (χ2v) is 6.33. The Kier molecular flexibility index (Phi) is 4.06. The number of benzene rings is 3. The van der Waals surface area contributed by atoms with Crippen molar-refractivity contribution in [1.29, 1.82) is 0 Å². The van der Waals surface area contributed by atoms with Crippen molar-refractivity contribution in [2.75, 3.05) is 0 Å². The first-order chi connectivity index (χ1) is 12.3. The lowest BCUT2D eigenvalue weighted by atomic mass is 10.0. The summed E-state index contributed by atoms with van der Waals surface area (Å²) >= 11 is 0. The predicted octanol–water partition coefficient (Wildman–Crippen LogP) is 5.35. The van der Waals surface area contributed by atoms with Gasteiger partial charge < -0.3 is 0 Å². The van der Waals surface area contributed by atoms with Crippen molar-refractivity contribution in [3.05, 3.63) is 78.1 Å². The molecule has 4 aromatic rings. The molecule has 1 aromatic heterocycles. The summed E-state index contributed by atoms with van der Waals surface area (Å²) in [5, 5.41) is 7.29. The van der Waals surface area contributed by atoms with Gasteiger partial charge in [0.05, 0.1) is 5.69 Å². The summed E-state index contributed by atoms with van der Waals surface area (Å²) in [6, 6.07) is 23.0. The molecule has 3 heteroatoms. The Bertz CT molecular complexity index is 1030. The topological polar surface area (TPSA) is 30.7 Å². The van der Waals surface area contributed by atoms with E-state index in [1.54, 1.807) is 0 Å². The lowest BCUT2D eigenvalue weighted by Gasteiger charge is -2.07. The van der Waals surface area contributed by atoms with Crippen molar-refractivity contribution in [1.82, 2.24) is 14.8 Å². The number of hydrogen-bond acceptors (Lipinski definition) is 2. The maximum Gasteiger partial charge on any atom is 0.182 e. The van der Waals surface area contributed by atoms with Gasteiger partial charge in [0, 0.05) is 12.0 Å². The SMILES string of the molecule is CCCc1nc(-c2cccc3ccccc23)nn1-c1ccccc1C. The second kappa shape index (κ2) is 6.52. The van der Waals surface area contributed by atoms with Crippen LogP contribution in [-0.4, -0.2) is 14.8 Å². The number of para-hydroxylation sites is 1. The molecule has 3 aromatic carbocycles. The van der Waals surface area contributed by atoms with Gasteiger partial charge in [0.1, 0.15) is 5.82 Å². The molecule has 0 radical (unpaired) electrons.